The molecule has 2 amide bonds. The molecule has 0 bridgehead atoms. The summed E-state index contributed by atoms with van der Waals surface area (Å²) >= 11 is 5.61. The van der Waals surface area contributed by atoms with Gasteiger partial charge in [0.25, 0.3) is 0 Å². The van der Waals surface area contributed by atoms with Crippen molar-refractivity contribution >= 4 is 39.9 Å². The number of aromatic amines is 1. The van der Waals surface area contributed by atoms with Crippen LogP contribution in [0.1, 0.15) is 11.1 Å². The van der Waals surface area contributed by atoms with Crippen LogP contribution in [0.2, 0.25) is 5.02 Å². The Morgan fingerprint density at radius 1 is 1.00 bits per heavy atom. The number of urea groups is 1. The van der Waals surface area contributed by atoms with Crippen LogP contribution in [0, 0.1) is 6.92 Å². The second-order valence-corrected chi connectivity index (χ2v) is 7.38. The minimum absolute atomic E-state index is 0.0220. The molecule has 5 nitrogen and oxygen atoms in total. The molecule has 31 heavy (non-hydrogen) atoms. The van der Waals surface area contributed by atoms with Crippen molar-refractivity contribution in [2.24, 2.45) is 0 Å². The molecule has 0 fully saturated rings. The van der Waals surface area contributed by atoms with Gasteiger partial charge in [0.15, 0.2) is 0 Å². The van der Waals surface area contributed by atoms with Crippen LogP contribution >= 0.6 is 11.6 Å². The number of carbonyl (C=O) groups is 1. The smallest absolute Gasteiger partial charge is 0.308 e. The molecule has 4 aromatic rings. The fourth-order valence-electron chi connectivity index (χ4n) is 3.23. The molecule has 0 unspecified atom stereocenters. The lowest BCUT2D eigenvalue weighted by Gasteiger charge is -2.13. The highest BCUT2D eigenvalue weighted by Gasteiger charge is 2.33. The van der Waals surface area contributed by atoms with E-state index in [1.165, 1.54) is 6.07 Å². The van der Waals surface area contributed by atoms with E-state index in [0.29, 0.717) is 5.69 Å². The van der Waals surface area contributed by atoms with Gasteiger partial charge in [-0.3, -0.25) is 5.10 Å². The van der Waals surface area contributed by atoms with Crippen LogP contribution in [0.3, 0.4) is 0 Å². The molecule has 0 spiro atoms. The number of alkyl halides is 3. The predicted octanol–water partition coefficient (Wildman–Crippen LogP) is 6.85. The zero-order chi connectivity index (χ0) is 22.2. The van der Waals surface area contributed by atoms with Gasteiger partial charge in [0.05, 0.1) is 22.3 Å². The number of H-pyrrole nitrogens is 1. The first-order chi connectivity index (χ1) is 14.7. The standard InChI is InChI=1S/C22H16ClF3N4O/c1-12-2-5-15(9-17(12)13-3-4-14-11-27-30-20(14)8-13)28-21(31)29-16-6-7-19(23)18(10-16)22(24,25)26/h2-11H,1H3,(H,27,30)(H2,28,29,31). The van der Waals surface area contributed by atoms with Gasteiger partial charge in [-0.2, -0.15) is 18.3 Å². The van der Waals surface area contributed by atoms with E-state index in [9.17, 15) is 18.0 Å². The number of carbonyl (C=O) groups excluding carboxylic acids is 1. The number of fused-ring (bicyclic) bond motifs is 1. The lowest BCUT2D eigenvalue weighted by Crippen LogP contribution is -2.20. The van der Waals surface area contributed by atoms with Gasteiger partial charge in [0.1, 0.15) is 0 Å². The number of hydrogen-bond donors (Lipinski definition) is 3. The summed E-state index contributed by atoms with van der Waals surface area (Å²) in [5, 5.41) is 12.5. The van der Waals surface area contributed by atoms with Gasteiger partial charge in [-0.15, -0.1) is 0 Å². The Bertz CT molecular complexity index is 1280. The molecule has 158 valence electrons. The molecule has 0 radical (unpaired) electrons. The van der Waals surface area contributed by atoms with Crippen molar-refractivity contribution in [2.75, 3.05) is 10.6 Å². The van der Waals surface area contributed by atoms with E-state index in [-0.39, 0.29) is 5.69 Å². The topological polar surface area (TPSA) is 69.8 Å². The van der Waals surface area contributed by atoms with Gasteiger partial charge in [0.2, 0.25) is 0 Å². The van der Waals surface area contributed by atoms with Crippen LogP contribution in [0.4, 0.5) is 29.3 Å². The van der Waals surface area contributed by atoms with E-state index in [1.807, 2.05) is 31.2 Å². The molecule has 9 heteroatoms. The van der Waals surface area contributed by atoms with Crippen molar-refractivity contribution in [1.82, 2.24) is 10.2 Å². The van der Waals surface area contributed by atoms with Gasteiger partial charge in [-0.05, 0) is 60.0 Å². The third-order valence-corrected chi connectivity index (χ3v) is 5.11. The van der Waals surface area contributed by atoms with Gasteiger partial charge in [0, 0.05) is 16.8 Å². The maximum atomic E-state index is 13.0. The summed E-state index contributed by atoms with van der Waals surface area (Å²) in [6.07, 6.45) is -2.89. The molecule has 0 saturated carbocycles. The van der Waals surface area contributed by atoms with Crippen LogP contribution in [-0.2, 0) is 6.18 Å². The SMILES string of the molecule is Cc1ccc(NC(=O)Nc2ccc(Cl)c(C(F)(F)F)c2)cc1-c1ccc2cn[nH]c2c1. The number of aromatic nitrogens is 2. The quantitative estimate of drug-likeness (QED) is 0.323. The van der Waals surface area contributed by atoms with Crippen molar-refractivity contribution < 1.29 is 18.0 Å². The largest absolute Gasteiger partial charge is 0.417 e. The minimum atomic E-state index is -4.62. The first-order valence-corrected chi connectivity index (χ1v) is 9.57. The maximum absolute atomic E-state index is 13.0. The van der Waals surface area contributed by atoms with Crippen LogP contribution in [0.15, 0.2) is 60.8 Å². The summed E-state index contributed by atoms with van der Waals surface area (Å²) in [4.78, 5) is 12.4. The predicted molar refractivity (Wildman–Crippen MR) is 115 cm³/mol. The number of amides is 2. The average Bonchev–Trinajstić information content (AvgIpc) is 3.18. The Morgan fingerprint density at radius 2 is 1.71 bits per heavy atom. The van der Waals surface area contributed by atoms with Crippen molar-refractivity contribution in [3.8, 4) is 11.1 Å². The summed E-state index contributed by atoms with van der Waals surface area (Å²) in [5.41, 5.74) is 3.18. The number of nitrogens with one attached hydrogen (secondary N) is 3. The fourth-order valence-corrected chi connectivity index (χ4v) is 3.45. The zero-order valence-electron chi connectivity index (χ0n) is 16.1. The molecule has 0 atom stereocenters. The molecule has 1 heterocycles. The van der Waals surface area contributed by atoms with Crippen molar-refractivity contribution in [2.45, 2.75) is 13.1 Å². The van der Waals surface area contributed by atoms with Crippen molar-refractivity contribution in [3.05, 3.63) is 76.9 Å². The van der Waals surface area contributed by atoms with E-state index in [2.05, 4.69) is 20.8 Å². The first-order valence-electron chi connectivity index (χ1n) is 9.19. The van der Waals surface area contributed by atoms with Gasteiger partial charge < -0.3 is 10.6 Å². The molecule has 3 N–H and O–H groups in total. The molecule has 0 aliphatic carbocycles. The second kappa shape index (κ2) is 7.96. The number of anilines is 2. The third kappa shape index (κ3) is 4.49. The summed E-state index contributed by atoms with van der Waals surface area (Å²) in [5.74, 6) is 0. The molecule has 3 aromatic carbocycles. The Kier molecular flexibility index (Phi) is 5.32. The number of nitrogens with zero attached hydrogens (tertiary/aromatic N) is 1. The van der Waals surface area contributed by atoms with E-state index < -0.39 is 22.8 Å². The fraction of sp³-hybridized carbons (Fsp3) is 0.0909. The molecule has 0 aliphatic heterocycles. The van der Waals surface area contributed by atoms with Gasteiger partial charge in [-0.1, -0.05) is 29.8 Å². The maximum Gasteiger partial charge on any atom is 0.417 e. The molecule has 0 saturated heterocycles. The Morgan fingerprint density at radius 3 is 2.45 bits per heavy atom. The monoisotopic (exact) mass is 444 g/mol. The second-order valence-electron chi connectivity index (χ2n) is 6.97. The lowest BCUT2D eigenvalue weighted by atomic mass is 9.99. The van der Waals surface area contributed by atoms with Crippen molar-refractivity contribution in [1.29, 1.82) is 0 Å². The third-order valence-electron chi connectivity index (χ3n) is 4.78. The summed E-state index contributed by atoms with van der Waals surface area (Å²) in [7, 11) is 0. The highest BCUT2D eigenvalue weighted by atomic mass is 35.5. The highest BCUT2D eigenvalue weighted by Crippen LogP contribution is 2.36. The van der Waals surface area contributed by atoms with Crippen LogP contribution in [0.25, 0.3) is 22.0 Å². The van der Waals surface area contributed by atoms with Crippen LogP contribution in [0.5, 0.6) is 0 Å². The molecule has 0 aliphatic rings. The van der Waals surface area contributed by atoms with Gasteiger partial charge in [-0.25, -0.2) is 4.79 Å². The van der Waals surface area contributed by atoms with E-state index in [0.717, 1.165) is 39.7 Å². The van der Waals surface area contributed by atoms with E-state index >= 15 is 0 Å². The Balaban J connectivity index is 1.55. The number of aryl methyl sites for hydroxylation is 1. The summed E-state index contributed by atoms with van der Waals surface area (Å²) < 4.78 is 39.0. The number of halogens is 4. The number of benzene rings is 3. The average molecular weight is 445 g/mol. The minimum Gasteiger partial charge on any atom is -0.308 e. The van der Waals surface area contributed by atoms with E-state index in [4.69, 9.17) is 11.6 Å². The Hall–Kier alpha value is -3.52. The number of rotatable bonds is 3. The molecule has 4 rings (SSSR count). The van der Waals surface area contributed by atoms with Crippen molar-refractivity contribution in [3.63, 3.8) is 0 Å². The zero-order valence-corrected chi connectivity index (χ0v) is 16.9. The van der Waals surface area contributed by atoms with Crippen LogP contribution in [-0.4, -0.2) is 16.2 Å². The van der Waals surface area contributed by atoms with Crippen LogP contribution < -0.4 is 10.6 Å². The first kappa shape index (κ1) is 20.7. The summed E-state index contributed by atoms with van der Waals surface area (Å²) in [6, 6.07) is 13.7. The molecular formula is C22H16ClF3N4O. The normalized spacial score (nSPS) is 11.5. The van der Waals surface area contributed by atoms with E-state index in [1.54, 1.807) is 18.3 Å². The van der Waals surface area contributed by atoms with Gasteiger partial charge >= 0.3 is 12.2 Å². The molecule has 1 aromatic heterocycles. The Labute approximate surface area is 180 Å². The summed E-state index contributed by atoms with van der Waals surface area (Å²) in [6.45, 7) is 1.95. The highest BCUT2D eigenvalue weighted by molar-refractivity contribution is 6.31. The number of hydrogen-bond acceptors (Lipinski definition) is 2. The lowest BCUT2D eigenvalue weighted by molar-refractivity contribution is -0.137. The molecular weight excluding hydrogens is 429 g/mol.